The zero-order valence-electron chi connectivity index (χ0n) is 13.8. The van der Waals surface area contributed by atoms with Gasteiger partial charge in [0.05, 0.1) is 0 Å². The Morgan fingerprint density at radius 3 is 2.41 bits per heavy atom. The number of imidazole rings is 1. The molecule has 0 spiro atoms. The topological polar surface area (TPSA) is 87.8 Å². The Hall–Kier alpha value is -1.89. The fraction of sp³-hybridized carbons (Fsp3) is 0.667. The molecule has 0 unspecified atom stereocenters. The van der Waals surface area contributed by atoms with Crippen LogP contribution in [0.3, 0.4) is 0 Å². The van der Waals surface area contributed by atoms with E-state index in [4.69, 9.17) is 5.73 Å². The number of aryl methyl sites for hydroxylation is 2. The van der Waals surface area contributed by atoms with Crippen molar-refractivity contribution in [3.63, 3.8) is 0 Å². The van der Waals surface area contributed by atoms with Crippen molar-refractivity contribution in [2.45, 2.75) is 39.7 Å². The maximum atomic E-state index is 12.7. The predicted molar refractivity (Wildman–Crippen MR) is 87.0 cm³/mol. The molecule has 0 saturated heterocycles. The summed E-state index contributed by atoms with van der Waals surface area (Å²) in [6, 6.07) is 0. The van der Waals surface area contributed by atoms with Gasteiger partial charge in [0.25, 0.3) is 5.56 Å². The molecule has 7 heteroatoms. The molecule has 0 aromatic carbocycles. The number of nitrogens with zero attached hydrogens (tertiary/aromatic N) is 4. The molecule has 7 nitrogen and oxygen atoms in total. The highest BCUT2D eigenvalue weighted by molar-refractivity contribution is 5.70. The Bertz CT molecular complexity index is 782. The standard InChI is InChI=1S/C15H25N5O2/c1-10(2)9-11-17-13-12(18(11)3)14(21)20(8-6-5-7-16)15(22)19(13)4/h10H,5-9,16H2,1-4H3. The van der Waals surface area contributed by atoms with Crippen LogP contribution in [-0.2, 0) is 27.1 Å². The number of aromatic nitrogens is 4. The molecule has 0 fully saturated rings. The van der Waals surface area contributed by atoms with Gasteiger partial charge in [-0.15, -0.1) is 0 Å². The van der Waals surface area contributed by atoms with Crippen molar-refractivity contribution < 1.29 is 0 Å². The number of unbranched alkanes of at least 4 members (excludes halogenated alkanes) is 1. The van der Waals surface area contributed by atoms with Crippen molar-refractivity contribution in [1.82, 2.24) is 18.7 Å². The molecule has 0 aliphatic rings. The second-order valence-electron chi connectivity index (χ2n) is 6.15. The highest BCUT2D eigenvalue weighted by atomic mass is 16.2. The summed E-state index contributed by atoms with van der Waals surface area (Å²) in [5, 5.41) is 0. The highest BCUT2D eigenvalue weighted by Gasteiger charge is 2.18. The fourth-order valence-corrected chi connectivity index (χ4v) is 2.65. The van der Waals surface area contributed by atoms with E-state index in [1.807, 2.05) is 11.6 Å². The van der Waals surface area contributed by atoms with Crippen LogP contribution in [0.15, 0.2) is 9.59 Å². The minimum Gasteiger partial charge on any atom is -0.330 e. The van der Waals surface area contributed by atoms with Gasteiger partial charge >= 0.3 is 5.69 Å². The fourth-order valence-electron chi connectivity index (χ4n) is 2.65. The van der Waals surface area contributed by atoms with Crippen LogP contribution in [0.4, 0.5) is 0 Å². The average molecular weight is 307 g/mol. The van der Waals surface area contributed by atoms with Crippen LogP contribution in [-0.4, -0.2) is 25.2 Å². The molecule has 0 saturated carbocycles. The maximum absolute atomic E-state index is 12.7. The van der Waals surface area contributed by atoms with E-state index < -0.39 is 0 Å². The van der Waals surface area contributed by atoms with Crippen molar-refractivity contribution in [3.05, 3.63) is 26.7 Å². The number of hydrogen-bond donors (Lipinski definition) is 1. The third-order valence-electron chi connectivity index (χ3n) is 3.88. The number of fused-ring (bicyclic) bond motifs is 1. The van der Waals surface area contributed by atoms with Gasteiger partial charge in [-0.3, -0.25) is 13.9 Å². The van der Waals surface area contributed by atoms with E-state index in [0.717, 1.165) is 18.7 Å². The lowest BCUT2D eigenvalue weighted by molar-refractivity contribution is 0.556. The third kappa shape index (κ3) is 2.85. The predicted octanol–water partition coefficient (Wildman–Crippen LogP) is 0.371. The van der Waals surface area contributed by atoms with Gasteiger partial charge in [-0.1, -0.05) is 13.8 Å². The number of hydrogen-bond acceptors (Lipinski definition) is 4. The van der Waals surface area contributed by atoms with E-state index >= 15 is 0 Å². The molecule has 0 atom stereocenters. The van der Waals surface area contributed by atoms with Gasteiger partial charge in [0.2, 0.25) is 0 Å². The minimum atomic E-state index is -0.316. The summed E-state index contributed by atoms with van der Waals surface area (Å²) in [6.45, 7) is 5.15. The highest BCUT2D eigenvalue weighted by Crippen LogP contribution is 2.12. The van der Waals surface area contributed by atoms with Crippen molar-refractivity contribution in [3.8, 4) is 0 Å². The lowest BCUT2D eigenvalue weighted by Gasteiger charge is -2.08. The van der Waals surface area contributed by atoms with Gasteiger partial charge in [-0.25, -0.2) is 9.78 Å². The van der Waals surface area contributed by atoms with E-state index in [-0.39, 0.29) is 11.2 Å². The molecule has 22 heavy (non-hydrogen) atoms. The van der Waals surface area contributed by atoms with Gasteiger partial charge in [0.15, 0.2) is 11.2 Å². The molecule has 0 amide bonds. The Morgan fingerprint density at radius 2 is 1.82 bits per heavy atom. The third-order valence-corrected chi connectivity index (χ3v) is 3.88. The van der Waals surface area contributed by atoms with Crippen LogP contribution in [0, 0.1) is 5.92 Å². The molecule has 2 N–H and O–H groups in total. The maximum Gasteiger partial charge on any atom is 0.332 e. The lowest BCUT2D eigenvalue weighted by atomic mass is 10.1. The van der Waals surface area contributed by atoms with E-state index in [9.17, 15) is 9.59 Å². The first-order chi connectivity index (χ1) is 10.4. The molecule has 2 rings (SSSR count). The molecule has 2 aromatic heterocycles. The van der Waals surface area contributed by atoms with Crippen molar-refractivity contribution >= 4 is 11.2 Å². The molecule has 0 aliphatic carbocycles. The summed E-state index contributed by atoms with van der Waals surface area (Å²) in [5.74, 6) is 1.26. The van der Waals surface area contributed by atoms with Crippen molar-refractivity contribution in [2.24, 2.45) is 25.7 Å². The summed E-state index contributed by atoms with van der Waals surface area (Å²) >= 11 is 0. The van der Waals surface area contributed by atoms with E-state index in [1.54, 1.807) is 7.05 Å². The zero-order valence-corrected chi connectivity index (χ0v) is 13.8. The van der Waals surface area contributed by atoms with Crippen LogP contribution in [0.1, 0.15) is 32.5 Å². The van der Waals surface area contributed by atoms with E-state index in [1.165, 1.54) is 9.13 Å². The Labute approximate surface area is 129 Å². The Balaban J connectivity index is 2.63. The van der Waals surface area contributed by atoms with Gasteiger partial charge in [0, 0.05) is 27.1 Å². The summed E-state index contributed by atoms with van der Waals surface area (Å²) in [6.07, 6.45) is 2.28. The van der Waals surface area contributed by atoms with E-state index in [0.29, 0.717) is 36.6 Å². The second-order valence-corrected chi connectivity index (χ2v) is 6.15. The van der Waals surface area contributed by atoms with Gasteiger partial charge < -0.3 is 10.3 Å². The Kier molecular flexibility index (Phi) is 4.85. The van der Waals surface area contributed by atoms with Crippen LogP contribution < -0.4 is 17.0 Å². The van der Waals surface area contributed by atoms with Crippen LogP contribution >= 0.6 is 0 Å². The van der Waals surface area contributed by atoms with Gasteiger partial charge in [-0.05, 0) is 25.3 Å². The summed E-state index contributed by atoms with van der Waals surface area (Å²) in [4.78, 5) is 29.6. The molecule has 122 valence electrons. The van der Waals surface area contributed by atoms with E-state index in [2.05, 4.69) is 18.8 Å². The largest absolute Gasteiger partial charge is 0.332 e. The van der Waals surface area contributed by atoms with Crippen LogP contribution in [0.25, 0.3) is 11.2 Å². The summed E-state index contributed by atoms with van der Waals surface area (Å²) < 4.78 is 4.57. The molecule has 2 heterocycles. The quantitative estimate of drug-likeness (QED) is 0.781. The van der Waals surface area contributed by atoms with Crippen molar-refractivity contribution in [2.75, 3.05) is 6.54 Å². The first-order valence-corrected chi connectivity index (χ1v) is 7.73. The van der Waals surface area contributed by atoms with Crippen molar-refractivity contribution in [1.29, 1.82) is 0 Å². The lowest BCUT2D eigenvalue weighted by Crippen LogP contribution is -2.39. The van der Waals surface area contributed by atoms with Gasteiger partial charge in [-0.2, -0.15) is 0 Å². The van der Waals surface area contributed by atoms with Crippen LogP contribution in [0.2, 0.25) is 0 Å². The minimum absolute atomic E-state index is 0.264. The number of rotatable bonds is 6. The number of nitrogens with two attached hydrogens (primary N) is 1. The summed E-state index contributed by atoms with van der Waals surface area (Å²) in [5.41, 5.74) is 5.85. The second kappa shape index (κ2) is 6.48. The normalized spacial score (nSPS) is 11.7. The smallest absolute Gasteiger partial charge is 0.330 e. The Morgan fingerprint density at radius 1 is 1.14 bits per heavy atom. The molecular weight excluding hydrogens is 282 g/mol. The van der Waals surface area contributed by atoms with Gasteiger partial charge in [0.1, 0.15) is 5.82 Å². The van der Waals surface area contributed by atoms with Crippen LogP contribution in [0.5, 0.6) is 0 Å². The molecule has 0 aliphatic heterocycles. The molecular formula is C15H25N5O2. The average Bonchev–Trinajstić information content (AvgIpc) is 2.77. The molecule has 2 aromatic rings. The first kappa shape index (κ1) is 16.5. The molecule has 0 bridgehead atoms. The monoisotopic (exact) mass is 307 g/mol. The molecule has 0 radical (unpaired) electrons. The SMILES string of the molecule is CC(C)Cc1nc2c(c(=O)n(CCCCN)c(=O)n2C)n1C. The zero-order chi connectivity index (χ0) is 16.4. The summed E-state index contributed by atoms with van der Waals surface area (Å²) in [7, 11) is 3.50. The first-order valence-electron chi connectivity index (χ1n) is 7.73.